The van der Waals surface area contributed by atoms with Gasteiger partial charge >= 0.3 is 0 Å². The summed E-state index contributed by atoms with van der Waals surface area (Å²) < 4.78 is 3.84. The predicted octanol–water partition coefficient (Wildman–Crippen LogP) is 1.36. The highest BCUT2D eigenvalue weighted by Crippen LogP contribution is 2.04. The molecule has 0 unspecified atom stereocenters. The van der Waals surface area contributed by atoms with E-state index in [1.807, 2.05) is 59.1 Å². The number of fused-ring (bicyclic) bond motifs is 1. The maximum absolute atomic E-state index is 4.53. The van der Waals surface area contributed by atoms with Gasteiger partial charge < -0.3 is 9.72 Å². The molecule has 0 saturated heterocycles. The molecule has 0 radical (unpaired) electrons. The normalized spacial score (nSPS) is 11.2. The Morgan fingerprint density at radius 3 is 2.94 bits per heavy atom. The van der Waals surface area contributed by atoms with Gasteiger partial charge in [0.05, 0.1) is 11.9 Å². The van der Waals surface area contributed by atoms with Gasteiger partial charge in [0.1, 0.15) is 5.65 Å². The van der Waals surface area contributed by atoms with Crippen molar-refractivity contribution in [3.05, 3.63) is 54.2 Å². The topological polar surface area (TPSA) is 47.2 Å². The quantitative estimate of drug-likeness (QED) is 0.750. The van der Waals surface area contributed by atoms with Gasteiger partial charge in [0.15, 0.2) is 0 Å². The first-order valence-electron chi connectivity index (χ1n) is 5.92. The molecule has 0 saturated carbocycles. The zero-order chi connectivity index (χ0) is 12.4. The molecule has 0 fully saturated rings. The fourth-order valence-corrected chi connectivity index (χ4v) is 1.97. The van der Waals surface area contributed by atoms with E-state index in [4.69, 9.17) is 0 Å². The minimum absolute atomic E-state index is 0.760. The van der Waals surface area contributed by atoms with Crippen LogP contribution in [0.15, 0.2) is 43.0 Å². The Bertz CT molecular complexity index is 619. The van der Waals surface area contributed by atoms with Crippen LogP contribution in [0.5, 0.6) is 0 Å². The van der Waals surface area contributed by atoms with Crippen molar-refractivity contribution in [3.8, 4) is 0 Å². The Morgan fingerprint density at radius 2 is 2.17 bits per heavy atom. The molecule has 0 aliphatic heterocycles. The summed E-state index contributed by atoms with van der Waals surface area (Å²) in [4.78, 5) is 4.53. The molecular weight excluding hydrogens is 226 g/mol. The van der Waals surface area contributed by atoms with Crippen LogP contribution in [0.25, 0.3) is 5.65 Å². The van der Waals surface area contributed by atoms with Crippen LogP contribution in [0.2, 0.25) is 0 Å². The van der Waals surface area contributed by atoms with Crippen LogP contribution in [-0.2, 0) is 20.1 Å². The van der Waals surface area contributed by atoms with E-state index in [-0.39, 0.29) is 0 Å². The molecule has 0 aliphatic rings. The lowest BCUT2D eigenvalue weighted by Crippen LogP contribution is -2.12. The number of aromatic nitrogens is 4. The van der Waals surface area contributed by atoms with Gasteiger partial charge in [0.2, 0.25) is 0 Å². The van der Waals surface area contributed by atoms with Crippen LogP contribution >= 0.6 is 0 Å². The molecule has 3 aromatic rings. The second-order valence-electron chi connectivity index (χ2n) is 4.32. The number of hydrogen-bond acceptors (Lipinski definition) is 3. The van der Waals surface area contributed by atoms with Crippen molar-refractivity contribution in [1.29, 1.82) is 0 Å². The summed E-state index contributed by atoms with van der Waals surface area (Å²) in [5.74, 6) is 0. The second-order valence-corrected chi connectivity index (χ2v) is 4.32. The highest BCUT2D eigenvalue weighted by atomic mass is 15.2. The number of rotatable bonds is 4. The molecule has 3 rings (SSSR count). The van der Waals surface area contributed by atoms with Gasteiger partial charge in [-0.3, -0.25) is 4.68 Å². The van der Waals surface area contributed by atoms with Crippen LogP contribution in [0.1, 0.15) is 11.3 Å². The van der Waals surface area contributed by atoms with Gasteiger partial charge in [-0.25, -0.2) is 4.98 Å². The number of hydrogen-bond donors (Lipinski definition) is 1. The maximum Gasteiger partial charge on any atom is 0.137 e. The Hall–Kier alpha value is -2.14. The highest BCUT2D eigenvalue weighted by Gasteiger charge is 2.01. The number of nitrogens with one attached hydrogen (secondary N) is 1. The lowest BCUT2D eigenvalue weighted by Gasteiger charge is -1.98. The smallest absolute Gasteiger partial charge is 0.137 e. The van der Waals surface area contributed by atoms with Crippen molar-refractivity contribution in [2.45, 2.75) is 13.1 Å². The summed E-state index contributed by atoms with van der Waals surface area (Å²) in [6.07, 6.45) is 7.94. The molecule has 0 aliphatic carbocycles. The Labute approximate surface area is 105 Å². The molecule has 5 nitrogen and oxygen atoms in total. The van der Waals surface area contributed by atoms with Crippen LogP contribution in [0.4, 0.5) is 0 Å². The van der Waals surface area contributed by atoms with Crippen molar-refractivity contribution in [2.24, 2.45) is 7.05 Å². The largest absolute Gasteiger partial charge is 0.307 e. The monoisotopic (exact) mass is 241 g/mol. The van der Waals surface area contributed by atoms with Gasteiger partial charge in [-0.05, 0) is 12.1 Å². The van der Waals surface area contributed by atoms with E-state index >= 15 is 0 Å². The van der Waals surface area contributed by atoms with E-state index in [1.165, 1.54) is 5.56 Å². The molecule has 3 aromatic heterocycles. The van der Waals surface area contributed by atoms with Crippen LogP contribution in [-0.4, -0.2) is 19.2 Å². The maximum atomic E-state index is 4.53. The zero-order valence-corrected chi connectivity index (χ0v) is 10.2. The molecule has 5 heteroatoms. The summed E-state index contributed by atoms with van der Waals surface area (Å²) in [5.41, 5.74) is 3.21. The van der Waals surface area contributed by atoms with E-state index in [0.29, 0.717) is 0 Å². The van der Waals surface area contributed by atoms with Gasteiger partial charge in [0.25, 0.3) is 0 Å². The van der Waals surface area contributed by atoms with Crippen LogP contribution in [0, 0.1) is 0 Å². The van der Waals surface area contributed by atoms with E-state index in [0.717, 1.165) is 24.4 Å². The molecule has 0 spiro atoms. The van der Waals surface area contributed by atoms with Crippen LogP contribution in [0.3, 0.4) is 0 Å². The fourth-order valence-electron chi connectivity index (χ4n) is 1.97. The summed E-state index contributed by atoms with van der Waals surface area (Å²) in [6.45, 7) is 1.57. The van der Waals surface area contributed by atoms with Crippen LogP contribution < -0.4 is 5.32 Å². The van der Waals surface area contributed by atoms with Crippen molar-refractivity contribution >= 4 is 5.65 Å². The van der Waals surface area contributed by atoms with Crippen molar-refractivity contribution in [3.63, 3.8) is 0 Å². The van der Waals surface area contributed by atoms with E-state index in [9.17, 15) is 0 Å². The average Bonchev–Trinajstić information content (AvgIpc) is 2.95. The van der Waals surface area contributed by atoms with E-state index in [2.05, 4.69) is 15.4 Å². The van der Waals surface area contributed by atoms with Crippen molar-refractivity contribution in [2.75, 3.05) is 0 Å². The fraction of sp³-hybridized carbons (Fsp3) is 0.231. The minimum atomic E-state index is 0.760. The molecule has 1 N–H and O–H groups in total. The Balaban J connectivity index is 1.62. The zero-order valence-electron chi connectivity index (χ0n) is 10.2. The molecule has 0 bridgehead atoms. The van der Waals surface area contributed by atoms with Crippen molar-refractivity contribution in [1.82, 2.24) is 24.5 Å². The standard InChI is InChI=1S/C13H15N5/c1-17-9-11(7-15-17)6-14-8-12-10-18-5-3-2-4-13(18)16-12/h2-5,7,9-10,14H,6,8H2,1H3. The number of imidazole rings is 1. The molecule has 0 atom stereocenters. The number of pyridine rings is 1. The third-order valence-corrected chi connectivity index (χ3v) is 2.81. The molecule has 92 valence electrons. The number of aryl methyl sites for hydroxylation is 1. The second kappa shape index (κ2) is 4.62. The summed E-state index contributed by atoms with van der Waals surface area (Å²) in [5, 5.41) is 7.50. The van der Waals surface area contributed by atoms with E-state index < -0.39 is 0 Å². The Kier molecular flexibility index (Phi) is 2.82. The average molecular weight is 241 g/mol. The third kappa shape index (κ3) is 2.26. The summed E-state index contributed by atoms with van der Waals surface area (Å²) in [7, 11) is 1.92. The van der Waals surface area contributed by atoms with Gasteiger partial charge in [-0.1, -0.05) is 6.07 Å². The Morgan fingerprint density at radius 1 is 1.22 bits per heavy atom. The first-order valence-corrected chi connectivity index (χ1v) is 5.92. The predicted molar refractivity (Wildman–Crippen MR) is 68.9 cm³/mol. The first kappa shape index (κ1) is 11.0. The minimum Gasteiger partial charge on any atom is -0.307 e. The van der Waals surface area contributed by atoms with Gasteiger partial charge in [0, 0.05) is 44.3 Å². The molecular formula is C13H15N5. The molecule has 0 amide bonds. The molecule has 3 heterocycles. The van der Waals surface area contributed by atoms with E-state index in [1.54, 1.807) is 0 Å². The third-order valence-electron chi connectivity index (χ3n) is 2.81. The first-order chi connectivity index (χ1) is 8.81. The molecule has 0 aromatic carbocycles. The lowest BCUT2D eigenvalue weighted by molar-refractivity contribution is 0.681. The summed E-state index contributed by atoms with van der Waals surface area (Å²) >= 11 is 0. The van der Waals surface area contributed by atoms with Gasteiger partial charge in [-0.2, -0.15) is 5.10 Å². The van der Waals surface area contributed by atoms with Gasteiger partial charge in [-0.15, -0.1) is 0 Å². The SMILES string of the molecule is Cn1cc(CNCc2cn3ccccc3n2)cn1. The van der Waals surface area contributed by atoms with Crippen molar-refractivity contribution < 1.29 is 0 Å². The lowest BCUT2D eigenvalue weighted by atomic mass is 10.3. The number of nitrogens with zero attached hydrogens (tertiary/aromatic N) is 4. The molecule has 18 heavy (non-hydrogen) atoms. The summed E-state index contributed by atoms with van der Waals surface area (Å²) in [6, 6.07) is 6.00. The highest BCUT2D eigenvalue weighted by molar-refractivity contribution is 5.39.